The lowest BCUT2D eigenvalue weighted by Crippen LogP contribution is -2.52. The zero-order valence-corrected chi connectivity index (χ0v) is 13.2. The minimum Gasteiger partial charge on any atom is -0.396 e. The summed E-state index contributed by atoms with van der Waals surface area (Å²) >= 11 is 0. The first kappa shape index (κ1) is 17.4. The molecule has 1 rings (SSSR count). The summed E-state index contributed by atoms with van der Waals surface area (Å²) in [7, 11) is 0. The number of carbonyl (C=O) groups excluding carboxylic acids is 1. The Hall–Kier alpha value is -0.650. The molecule has 0 aliphatic carbocycles. The van der Waals surface area contributed by atoms with Gasteiger partial charge >= 0.3 is 0 Å². The van der Waals surface area contributed by atoms with E-state index < -0.39 is 0 Å². The largest absolute Gasteiger partial charge is 0.396 e. The van der Waals surface area contributed by atoms with E-state index >= 15 is 0 Å². The number of primary amides is 1. The molecule has 1 amide bonds. The van der Waals surface area contributed by atoms with Crippen molar-refractivity contribution < 1.29 is 9.90 Å². The summed E-state index contributed by atoms with van der Waals surface area (Å²) in [5.74, 6) is 0.273. The quantitative estimate of drug-likeness (QED) is 0.639. The molecule has 0 aromatic carbocycles. The molecule has 0 bridgehead atoms. The van der Waals surface area contributed by atoms with Crippen LogP contribution in [0, 0.1) is 11.3 Å². The third-order valence-corrected chi connectivity index (χ3v) is 3.68. The molecule has 0 saturated carbocycles. The summed E-state index contributed by atoms with van der Waals surface area (Å²) in [6.07, 6.45) is 2.96. The van der Waals surface area contributed by atoms with E-state index in [9.17, 15) is 4.79 Å². The number of nitrogens with one attached hydrogen (secondary N) is 1. The van der Waals surface area contributed by atoms with Crippen LogP contribution in [0.4, 0.5) is 0 Å². The Morgan fingerprint density at radius 1 is 1.40 bits per heavy atom. The Bertz CT molecular complexity index is 302. The Balaban J connectivity index is 2.52. The number of aliphatic hydroxyl groups excluding tert-OH is 1. The molecule has 1 fully saturated rings. The summed E-state index contributed by atoms with van der Waals surface area (Å²) < 4.78 is 0. The number of nitrogens with two attached hydrogens (primary N) is 1. The lowest BCUT2D eigenvalue weighted by atomic mass is 9.89. The monoisotopic (exact) mass is 285 g/mol. The second-order valence-electron chi connectivity index (χ2n) is 7.27. The van der Waals surface area contributed by atoms with Crippen LogP contribution in [0.2, 0.25) is 0 Å². The maximum atomic E-state index is 11.1. The zero-order chi connectivity index (χ0) is 15.2. The highest BCUT2D eigenvalue weighted by molar-refractivity contribution is 5.75. The highest BCUT2D eigenvalue weighted by atomic mass is 16.2. The third kappa shape index (κ3) is 7.22. The van der Waals surface area contributed by atoms with Crippen LogP contribution in [0.15, 0.2) is 0 Å². The smallest absolute Gasteiger partial charge is 0.231 e. The van der Waals surface area contributed by atoms with Gasteiger partial charge in [0, 0.05) is 32.3 Å². The summed E-state index contributed by atoms with van der Waals surface area (Å²) in [4.78, 5) is 13.3. The molecule has 0 aromatic heterocycles. The number of aliphatic hydroxyl groups is 1. The second-order valence-corrected chi connectivity index (χ2v) is 7.27. The molecule has 1 aliphatic heterocycles. The number of amides is 1. The van der Waals surface area contributed by atoms with Gasteiger partial charge in [-0.3, -0.25) is 9.69 Å². The van der Waals surface area contributed by atoms with Crippen molar-refractivity contribution in [1.29, 1.82) is 0 Å². The molecule has 20 heavy (non-hydrogen) atoms. The molecule has 0 aromatic rings. The van der Waals surface area contributed by atoms with Gasteiger partial charge in [-0.05, 0) is 30.6 Å². The van der Waals surface area contributed by atoms with Crippen molar-refractivity contribution in [2.24, 2.45) is 17.1 Å². The van der Waals surface area contributed by atoms with Gasteiger partial charge in [0.1, 0.15) is 0 Å². The molecule has 2 atom stereocenters. The Morgan fingerprint density at radius 3 is 2.65 bits per heavy atom. The highest BCUT2D eigenvalue weighted by Crippen LogP contribution is 2.22. The molecule has 5 nitrogen and oxygen atoms in total. The maximum absolute atomic E-state index is 11.1. The van der Waals surface area contributed by atoms with E-state index in [0.29, 0.717) is 18.5 Å². The van der Waals surface area contributed by atoms with Crippen molar-refractivity contribution in [2.45, 2.75) is 46.1 Å². The number of rotatable bonds is 7. The number of hydrogen-bond donors (Lipinski definition) is 3. The second kappa shape index (κ2) is 7.96. The number of nitrogens with zero attached hydrogens (tertiary/aromatic N) is 1. The van der Waals surface area contributed by atoms with Crippen molar-refractivity contribution in [3.63, 3.8) is 0 Å². The lowest BCUT2D eigenvalue weighted by Gasteiger charge is -2.38. The molecule has 0 radical (unpaired) electrons. The molecule has 4 N–H and O–H groups in total. The number of piperidine rings is 1. The van der Waals surface area contributed by atoms with Crippen LogP contribution in [0.1, 0.15) is 40.0 Å². The molecule has 1 saturated heterocycles. The van der Waals surface area contributed by atoms with Crippen LogP contribution in [-0.4, -0.2) is 54.7 Å². The van der Waals surface area contributed by atoms with Gasteiger partial charge in [-0.25, -0.2) is 0 Å². The molecule has 5 heteroatoms. The lowest BCUT2D eigenvalue weighted by molar-refractivity contribution is -0.119. The Morgan fingerprint density at radius 2 is 2.10 bits per heavy atom. The molecule has 2 unspecified atom stereocenters. The van der Waals surface area contributed by atoms with Gasteiger partial charge in [0.2, 0.25) is 5.91 Å². The van der Waals surface area contributed by atoms with Crippen LogP contribution >= 0.6 is 0 Å². The number of hydrogen-bond acceptors (Lipinski definition) is 4. The van der Waals surface area contributed by atoms with E-state index in [1.165, 1.54) is 0 Å². The summed E-state index contributed by atoms with van der Waals surface area (Å²) in [5.41, 5.74) is 5.57. The molecule has 1 heterocycles. The summed E-state index contributed by atoms with van der Waals surface area (Å²) in [6, 6.07) is 0.408. The molecule has 1 aliphatic rings. The van der Waals surface area contributed by atoms with Crippen LogP contribution in [-0.2, 0) is 4.79 Å². The Kier molecular flexibility index (Phi) is 6.92. The van der Waals surface area contributed by atoms with Gasteiger partial charge in [-0.1, -0.05) is 20.8 Å². The molecular weight excluding hydrogens is 254 g/mol. The number of carbonyl (C=O) groups is 1. The first-order chi connectivity index (χ1) is 9.30. The van der Waals surface area contributed by atoms with E-state index in [-0.39, 0.29) is 17.9 Å². The minimum atomic E-state index is -0.262. The van der Waals surface area contributed by atoms with E-state index in [1.807, 2.05) is 0 Å². The summed E-state index contributed by atoms with van der Waals surface area (Å²) in [5, 5.41) is 12.6. The first-order valence-electron chi connectivity index (χ1n) is 7.65. The fourth-order valence-electron chi connectivity index (χ4n) is 2.84. The van der Waals surface area contributed by atoms with Crippen molar-refractivity contribution in [2.75, 3.05) is 32.8 Å². The molecular formula is C15H31N3O2. The van der Waals surface area contributed by atoms with Crippen LogP contribution in [0.5, 0.6) is 0 Å². The van der Waals surface area contributed by atoms with Gasteiger partial charge in [-0.2, -0.15) is 0 Å². The van der Waals surface area contributed by atoms with Gasteiger partial charge in [0.25, 0.3) is 0 Å². The topological polar surface area (TPSA) is 78.6 Å². The van der Waals surface area contributed by atoms with E-state index in [0.717, 1.165) is 38.9 Å². The van der Waals surface area contributed by atoms with Gasteiger partial charge in [0.05, 0.1) is 6.54 Å². The van der Waals surface area contributed by atoms with E-state index in [4.69, 9.17) is 10.8 Å². The summed E-state index contributed by atoms with van der Waals surface area (Å²) in [6.45, 7) is 9.99. The van der Waals surface area contributed by atoms with Crippen molar-refractivity contribution >= 4 is 5.91 Å². The SMILES string of the molecule is CC(C)(C)CNC1CC(CCCO)CN(CC(N)=O)C1. The Labute approximate surface area is 122 Å². The van der Waals surface area contributed by atoms with Crippen LogP contribution in [0.3, 0.4) is 0 Å². The predicted octanol–water partition coefficient (Wildman–Crippen LogP) is 0.570. The zero-order valence-electron chi connectivity index (χ0n) is 13.2. The first-order valence-corrected chi connectivity index (χ1v) is 7.65. The average Bonchev–Trinajstić information content (AvgIpc) is 2.32. The third-order valence-electron chi connectivity index (χ3n) is 3.68. The fraction of sp³-hybridized carbons (Fsp3) is 0.933. The highest BCUT2D eigenvalue weighted by Gasteiger charge is 2.28. The average molecular weight is 285 g/mol. The van der Waals surface area contributed by atoms with Crippen LogP contribution < -0.4 is 11.1 Å². The normalized spacial score (nSPS) is 24.8. The standard InChI is InChI=1S/C15H31N3O2/c1-15(2,3)11-17-13-7-12(5-4-6-19)8-18(9-13)10-14(16)20/h12-13,17,19H,4-11H2,1-3H3,(H2,16,20). The van der Waals surface area contributed by atoms with Crippen LogP contribution in [0.25, 0.3) is 0 Å². The molecule has 118 valence electrons. The fourth-order valence-corrected chi connectivity index (χ4v) is 2.84. The van der Waals surface area contributed by atoms with Gasteiger partial charge < -0.3 is 16.2 Å². The molecule has 0 spiro atoms. The van der Waals surface area contributed by atoms with Crippen molar-refractivity contribution in [1.82, 2.24) is 10.2 Å². The number of likely N-dealkylation sites (tertiary alicyclic amines) is 1. The van der Waals surface area contributed by atoms with Crippen molar-refractivity contribution in [3.8, 4) is 0 Å². The van der Waals surface area contributed by atoms with Gasteiger partial charge in [0.15, 0.2) is 0 Å². The maximum Gasteiger partial charge on any atom is 0.231 e. The predicted molar refractivity (Wildman–Crippen MR) is 81.3 cm³/mol. The van der Waals surface area contributed by atoms with Crippen molar-refractivity contribution in [3.05, 3.63) is 0 Å². The van der Waals surface area contributed by atoms with E-state index in [1.54, 1.807) is 0 Å². The van der Waals surface area contributed by atoms with Gasteiger partial charge in [-0.15, -0.1) is 0 Å². The minimum absolute atomic E-state index is 0.242. The van der Waals surface area contributed by atoms with E-state index in [2.05, 4.69) is 31.0 Å².